The van der Waals surface area contributed by atoms with Gasteiger partial charge >= 0.3 is 5.97 Å². The molecule has 2 N–H and O–H groups in total. The number of hydrogen-bond donors (Lipinski definition) is 2. The number of carbonyl (C=O) groups excluding carboxylic acids is 1. The van der Waals surface area contributed by atoms with Gasteiger partial charge in [-0.25, -0.2) is 0 Å². The molecule has 0 unspecified atom stereocenters. The molecule has 6 heteroatoms. The molecule has 2 rings (SSSR count). The van der Waals surface area contributed by atoms with Gasteiger partial charge in [0.05, 0.1) is 32.3 Å². The second-order valence-electron chi connectivity index (χ2n) is 4.50. The van der Waals surface area contributed by atoms with Gasteiger partial charge in [0.1, 0.15) is 0 Å². The normalized spacial score (nSPS) is 20.1. The molecule has 6 nitrogen and oxygen atoms in total. The Balaban J connectivity index is 2.03. The van der Waals surface area contributed by atoms with Gasteiger partial charge < -0.3 is 19.9 Å². The first-order chi connectivity index (χ1) is 9.66. The number of carboxylic acid groups (broad SMARTS) is 1. The molecule has 2 atom stereocenters. The summed E-state index contributed by atoms with van der Waals surface area (Å²) in [6.45, 7) is 1.04. The molecule has 1 aliphatic heterocycles. The van der Waals surface area contributed by atoms with Crippen molar-refractivity contribution in [2.24, 2.45) is 0 Å². The van der Waals surface area contributed by atoms with Crippen molar-refractivity contribution in [3.8, 4) is 0 Å². The number of carboxylic acids is 1. The SMILES string of the molecule is O=C(O)C[C@H](NC(=O)[C@@H]1COCCO1)c1ccccc1. The van der Waals surface area contributed by atoms with E-state index in [-0.39, 0.29) is 18.9 Å². The molecular weight excluding hydrogens is 262 g/mol. The molecule has 1 fully saturated rings. The first-order valence-electron chi connectivity index (χ1n) is 6.43. The molecule has 1 saturated heterocycles. The van der Waals surface area contributed by atoms with Crippen molar-refractivity contribution in [2.45, 2.75) is 18.6 Å². The molecule has 0 radical (unpaired) electrons. The van der Waals surface area contributed by atoms with Crippen molar-refractivity contribution < 1.29 is 24.2 Å². The molecular formula is C14H17NO5. The van der Waals surface area contributed by atoms with E-state index in [4.69, 9.17) is 14.6 Å². The predicted octanol–water partition coefficient (Wildman–Crippen LogP) is 0.734. The largest absolute Gasteiger partial charge is 0.481 e. The van der Waals surface area contributed by atoms with Crippen LogP contribution in [0.2, 0.25) is 0 Å². The minimum absolute atomic E-state index is 0.177. The van der Waals surface area contributed by atoms with Crippen LogP contribution in [-0.4, -0.2) is 42.9 Å². The summed E-state index contributed by atoms with van der Waals surface area (Å²) in [6, 6.07) is 8.43. The summed E-state index contributed by atoms with van der Waals surface area (Å²) in [5, 5.41) is 11.7. The van der Waals surface area contributed by atoms with E-state index in [0.717, 1.165) is 5.56 Å². The van der Waals surface area contributed by atoms with E-state index < -0.39 is 18.1 Å². The van der Waals surface area contributed by atoms with Crippen LogP contribution in [0.25, 0.3) is 0 Å². The van der Waals surface area contributed by atoms with Gasteiger partial charge in [-0.15, -0.1) is 0 Å². The zero-order chi connectivity index (χ0) is 14.4. The Morgan fingerprint density at radius 3 is 2.65 bits per heavy atom. The number of hydrogen-bond acceptors (Lipinski definition) is 4. The van der Waals surface area contributed by atoms with Crippen LogP contribution in [0.4, 0.5) is 0 Å². The van der Waals surface area contributed by atoms with E-state index in [0.29, 0.717) is 13.2 Å². The van der Waals surface area contributed by atoms with Gasteiger partial charge in [0.2, 0.25) is 0 Å². The van der Waals surface area contributed by atoms with Gasteiger partial charge in [-0.1, -0.05) is 30.3 Å². The van der Waals surface area contributed by atoms with Gasteiger partial charge in [-0.3, -0.25) is 9.59 Å². The van der Waals surface area contributed by atoms with E-state index in [2.05, 4.69) is 5.32 Å². The van der Waals surface area contributed by atoms with E-state index in [1.807, 2.05) is 6.07 Å². The third kappa shape index (κ3) is 4.04. The Morgan fingerprint density at radius 2 is 2.05 bits per heavy atom. The molecule has 1 aromatic rings. The highest BCUT2D eigenvalue weighted by molar-refractivity contribution is 5.82. The molecule has 0 spiro atoms. The molecule has 0 aromatic heterocycles. The van der Waals surface area contributed by atoms with Crippen molar-refractivity contribution in [3.63, 3.8) is 0 Å². The van der Waals surface area contributed by atoms with Gasteiger partial charge in [-0.2, -0.15) is 0 Å². The van der Waals surface area contributed by atoms with Gasteiger partial charge in [-0.05, 0) is 5.56 Å². The Morgan fingerprint density at radius 1 is 1.30 bits per heavy atom. The maximum absolute atomic E-state index is 12.1. The van der Waals surface area contributed by atoms with Crippen molar-refractivity contribution >= 4 is 11.9 Å². The van der Waals surface area contributed by atoms with Crippen molar-refractivity contribution in [2.75, 3.05) is 19.8 Å². The number of nitrogens with one attached hydrogen (secondary N) is 1. The summed E-state index contributed by atoms with van der Waals surface area (Å²) in [5.74, 6) is -1.32. The summed E-state index contributed by atoms with van der Waals surface area (Å²) in [4.78, 5) is 23.0. The lowest BCUT2D eigenvalue weighted by Gasteiger charge is -2.25. The summed E-state index contributed by atoms with van der Waals surface area (Å²) in [6.07, 6.45) is -0.854. The Hall–Kier alpha value is -1.92. The molecule has 1 aromatic carbocycles. The van der Waals surface area contributed by atoms with Crippen LogP contribution in [0.5, 0.6) is 0 Å². The summed E-state index contributed by atoms with van der Waals surface area (Å²) in [7, 11) is 0. The number of rotatable bonds is 5. The third-order valence-corrected chi connectivity index (χ3v) is 3.01. The van der Waals surface area contributed by atoms with Crippen LogP contribution in [0, 0.1) is 0 Å². The number of aliphatic carboxylic acids is 1. The maximum atomic E-state index is 12.1. The first-order valence-corrected chi connectivity index (χ1v) is 6.43. The number of ether oxygens (including phenoxy) is 2. The lowest BCUT2D eigenvalue weighted by atomic mass is 10.0. The fourth-order valence-electron chi connectivity index (χ4n) is 2.02. The van der Waals surface area contributed by atoms with Gasteiger partial charge in [0, 0.05) is 0 Å². The fourth-order valence-corrected chi connectivity index (χ4v) is 2.02. The minimum Gasteiger partial charge on any atom is -0.481 e. The van der Waals surface area contributed by atoms with E-state index in [1.165, 1.54) is 0 Å². The first kappa shape index (κ1) is 14.5. The molecule has 0 saturated carbocycles. The Labute approximate surface area is 116 Å². The standard InChI is InChI=1S/C14H17NO5/c16-13(17)8-11(10-4-2-1-3-5-10)15-14(18)12-9-19-6-7-20-12/h1-5,11-12H,6-9H2,(H,15,18)(H,16,17)/t11-,12-/m0/s1. The summed E-state index contributed by atoms with van der Waals surface area (Å²) in [5.41, 5.74) is 0.750. The van der Waals surface area contributed by atoms with Crippen LogP contribution in [0.3, 0.4) is 0 Å². The number of benzene rings is 1. The lowest BCUT2D eigenvalue weighted by Crippen LogP contribution is -2.44. The molecule has 1 heterocycles. The topological polar surface area (TPSA) is 84.9 Å². The highest BCUT2D eigenvalue weighted by Gasteiger charge is 2.26. The quantitative estimate of drug-likeness (QED) is 0.830. The van der Waals surface area contributed by atoms with Crippen LogP contribution in [-0.2, 0) is 19.1 Å². The maximum Gasteiger partial charge on any atom is 0.305 e. The van der Waals surface area contributed by atoms with Crippen molar-refractivity contribution in [1.29, 1.82) is 0 Å². The number of amides is 1. The molecule has 108 valence electrons. The zero-order valence-corrected chi connectivity index (χ0v) is 11.0. The lowest BCUT2D eigenvalue weighted by molar-refractivity contribution is -0.148. The van der Waals surface area contributed by atoms with E-state index in [1.54, 1.807) is 24.3 Å². The van der Waals surface area contributed by atoms with E-state index >= 15 is 0 Å². The third-order valence-electron chi connectivity index (χ3n) is 3.01. The molecule has 1 aliphatic rings. The smallest absolute Gasteiger partial charge is 0.305 e. The summed E-state index contributed by atoms with van der Waals surface area (Å²) < 4.78 is 10.5. The fraction of sp³-hybridized carbons (Fsp3) is 0.429. The average molecular weight is 279 g/mol. The summed E-state index contributed by atoms with van der Waals surface area (Å²) >= 11 is 0. The van der Waals surface area contributed by atoms with Crippen molar-refractivity contribution in [3.05, 3.63) is 35.9 Å². The highest BCUT2D eigenvalue weighted by atomic mass is 16.6. The monoisotopic (exact) mass is 279 g/mol. The zero-order valence-electron chi connectivity index (χ0n) is 11.0. The predicted molar refractivity (Wildman–Crippen MR) is 70.1 cm³/mol. The van der Waals surface area contributed by atoms with E-state index in [9.17, 15) is 9.59 Å². The van der Waals surface area contributed by atoms with Gasteiger partial charge in [0.25, 0.3) is 5.91 Å². The molecule has 1 amide bonds. The molecule has 0 bridgehead atoms. The average Bonchev–Trinajstić information content (AvgIpc) is 2.48. The van der Waals surface area contributed by atoms with Crippen molar-refractivity contribution in [1.82, 2.24) is 5.32 Å². The second-order valence-corrected chi connectivity index (χ2v) is 4.50. The molecule has 20 heavy (non-hydrogen) atoms. The Kier molecular flexibility index (Phi) is 5.09. The molecule has 0 aliphatic carbocycles. The van der Waals surface area contributed by atoms with Crippen LogP contribution < -0.4 is 5.32 Å². The minimum atomic E-state index is -0.972. The van der Waals surface area contributed by atoms with Crippen LogP contribution in [0.1, 0.15) is 18.0 Å². The van der Waals surface area contributed by atoms with Gasteiger partial charge in [0.15, 0.2) is 6.10 Å². The number of carbonyl (C=O) groups is 2. The highest BCUT2D eigenvalue weighted by Crippen LogP contribution is 2.17. The second kappa shape index (κ2) is 7.02. The van der Waals surface area contributed by atoms with Crippen LogP contribution >= 0.6 is 0 Å². The van der Waals surface area contributed by atoms with Crippen LogP contribution in [0.15, 0.2) is 30.3 Å². The Bertz CT molecular complexity index is 456.